The van der Waals surface area contributed by atoms with Crippen LogP contribution in [0, 0.1) is 11.8 Å². The number of anilines is 1. The van der Waals surface area contributed by atoms with E-state index in [1.54, 1.807) is 42.6 Å². The molecule has 3 N–H and O–H groups in total. The molecule has 1 aliphatic heterocycles. The largest absolute Gasteiger partial charge is 0.457 e. The SMILES string of the molecule is O=C(/C=C/c1cccc(Oc2ccnc(C3=NCCN3)c2)c1)Nc1ccc(C#CCO)c(C(F)(F)F)c1. The van der Waals surface area contributed by atoms with Crippen LogP contribution in [0.2, 0.25) is 0 Å². The number of alkyl halides is 3. The van der Waals surface area contributed by atoms with Crippen molar-refractivity contribution in [3.63, 3.8) is 0 Å². The highest BCUT2D eigenvalue weighted by Gasteiger charge is 2.33. The molecule has 0 radical (unpaired) electrons. The van der Waals surface area contributed by atoms with E-state index < -0.39 is 24.3 Å². The number of aliphatic hydroxyl groups is 1. The van der Waals surface area contributed by atoms with E-state index in [2.05, 4.69) is 32.5 Å². The quantitative estimate of drug-likeness (QED) is 0.344. The summed E-state index contributed by atoms with van der Waals surface area (Å²) >= 11 is 0. The molecule has 7 nitrogen and oxygen atoms in total. The summed E-state index contributed by atoms with van der Waals surface area (Å²) in [7, 11) is 0. The number of pyridine rings is 1. The van der Waals surface area contributed by atoms with E-state index in [4.69, 9.17) is 9.84 Å². The Labute approximate surface area is 210 Å². The van der Waals surface area contributed by atoms with Crippen molar-refractivity contribution < 1.29 is 27.8 Å². The average molecular weight is 506 g/mol. The number of hydrogen-bond acceptors (Lipinski definition) is 6. The molecule has 0 aliphatic carbocycles. The molecular formula is C27H21F3N4O3. The van der Waals surface area contributed by atoms with Crippen molar-refractivity contribution in [2.75, 3.05) is 25.0 Å². The highest BCUT2D eigenvalue weighted by Crippen LogP contribution is 2.33. The summed E-state index contributed by atoms with van der Waals surface area (Å²) in [5.41, 5.74) is -0.0152. The van der Waals surface area contributed by atoms with Gasteiger partial charge in [0, 0.05) is 36.1 Å². The van der Waals surface area contributed by atoms with Crippen molar-refractivity contribution in [2.45, 2.75) is 6.18 Å². The van der Waals surface area contributed by atoms with E-state index in [1.807, 2.05) is 0 Å². The van der Waals surface area contributed by atoms with Gasteiger partial charge in [0.25, 0.3) is 0 Å². The summed E-state index contributed by atoms with van der Waals surface area (Å²) in [5.74, 6) is 5.65. The molecule has 4 rings (SSSR count). The Kier molecular flexibility index (Phi) is 7.86. The fourth-order valence-corrected chi connectivity index (χ4v) is 3.45. The van der Waals surface area contributed by atoms with Gasteiger partial charge in [0.1, 0.15) is 29.6 Å². The molecule has 0 saturated heterocycles. The zero-order valence-electron chi connectivity index (χ0n) is 19.3. The first-order valence-corrected chi connectivity index (χ1v) is 11.1. The molecule has 1 amide bonds. The molecule has 0 fully saturated rings. The van der Waals surface area contributed by atoms with Crippen LogP contribution in [0.3, 0.4) is 0 Å². The van der Waals surface area contributed by atoms with E-state index in [-0.39, 0.29) is 11.3 Å². The molecule has 10 heteroatoms. The van der Waals surface area contributed by atoms with E-state index in [1.165, 1.54) is 18.2 Å². The maximum Gasteiger partial charge on any atom is 0.417 e. The number of nitrogens with one attached hydrogen (secondary N) is 2. The Balaban J connectivity index is 1.43. The van der Waals surface area contributed by atoms with Crippen LogP contribution >= 0.6 is 0 Å². The van der Waals surface area contributed by atoms with Crippen LogP contribution < -0.4 is 15.4 Å². The van der Waals surface area contributed by atoms with Gasteiger partial charge in [-0.25, -0.2) is 0 Å². The predicted octanol–water partition coefficient (Wildman–Crippen LogP) is 4.24. The van der Waals surface area contributed by atoms with Gasteiger partial charge >= 0.3 is 6.18 Å². The number of ether oxygens (including phenoxy) is 1. The zero-order chi connectivity index (χ0) is 26.3. The first-order valence-electron chi connectivity index (χ1n) is 11.1. The average Bonchev–Trinajstić information content (AvgIpc) is 3.42. The third-order valence-electron chi connectivity index (χ3n) is 5.06. The second-order valence-corrected chi connectivity index (χ2v) is 7.75. The van der Waals surface area contributed by atoms with Gasteiger partial charge in [-0.15, -0.1) is 0 Å². The zero-order valence-corrected chi connectivity index (χ0v) is 19.3. The normalized spacial score (nSPS) is 12.9. The Hall–Kier alpha value is -4.62. The van der Waals surface area contributed by atoms with Gasteiger partial charge in [-0.2, -0.15) is 13.2 Å². The van der Waals surface area contributed by atoms with Crippen molar-refractivity contribution in [3.8, 4) is 23.3 Å². The number of halogens is 3. The lowest BCUT2D eigenvalue weighted by Gasteiger charge is -2.11. The molecule has 188 valence electrons. The van der Waals surface area contributed by atoms with Gasteiger partial charge in [0.15, 0.2) is 0 Å². The van der Waals surface area contributed by atoms with E-state index in [0.29, 0.717) is 35.1 Å². The highest BCUT2D eigenvalue weighted by molar-refractivity contribution is 6.02. The summed E-state index contributed by atoms with van der Waals surface area (Å²) in [5, 5.41) is 14.3. The summed E-state index contributed by atoms with van der Waals surface area (Å²) in [6.45, 7) is 0.889. The maximum absolute atomic E-state index is 13.4. The molecule has 0 unspecified atom stereocenters. The first kappa shape index (κ1) is 25.5. The molecule has 0 spiro atoms. The number of aliphatic imine (C=N–C) groups is 1. The third kappa shape index (κ3) is 6.96. The van der Waals surface area contributed by atoms with Crippen molar-refractivity contribution in [1.82, 2.24) is 10.3 Å². The predicted molar refractivity (Wildman–Crippen MR) is 133 cm³/mol. The summed E-state index contributed by atoms with van der Waals surface area (Å²) in [6, 6.07) is 13.7. The van der Waals surface area contributed by atoms with Crippen molar-refractivity contribution >= 4 is 23.5 Å². The van der Waals surface area contributed by atoms with Crippen molar-refractivity contribution in [2.24, 2.45) is 4.99 Å². The van der Waals surface area contributed by atoms with Gasteiger partial charge in [-0.1, -0.05) is 24.0 Å². The van der Waals surface area contributed by atoms with E-state index in [0.717, 1.165) is 18.7 Å². The van der Waals surface area contributed by atoms with Crippen LogP contribution in [-0.4, -0.2) is 41.5 Å². The van der Waals surface area contributed by atoms with E-state index in [9.17, 15) is 18.0 Å². The van der Waals surface area contributed by atoms with Crippen LogP contribution in [0.5, 0.6) is 11.5 Å². The minimum atomic E-state index is -4.67. The molecule has 1 aliphatic rings. The molecule has 0 atom stereocenters. The molecule has 2 aromatic carbocycles. The first-order chi connectivity index (χ1) is 17.8. The summed E-state index contributed by atoms with van der Waals surface area (Å²) < 4.78 is 46.0. The standard InChI is InChI=1S/C27H21F3N4O3/c28-27(29,30)23-16-20(8-7-19(23)4-2-14-35)34-25(36)9-6-18-3-1-5-21(15-18)37-22-10-11-31-24(17-22)26-32-12-13-33-26/h1,3,5-11,15-17,35H,12-14H2,(H,32,33)(H,34,36)/b9-6+. The second kappa shape index (κ2) is 11.4. The molecule has 0 saturated carbocycles. The number of carbonyl (C=O) groups is 1. The minimum Gasteiger partial charge on any atom is -0.457 e. The number of amidine groups is 1. The fourth-order valence-electron chi connectivity index (χ4n) is 3.45. The molecule has 1 aromatic heterocycles. The van der Waals surface area contributed by atoms with Crippen LogP contribution in [0.4, 0.5) is 18.9 Å². The summed E-state index contributed by atoms with van der Waals surface area (Å²) in [6.07, 6.45) is -0.326. The van der Waals surface area contributed by atoms with Gasteiger partial charge < -0.3 is 20.5 Å². The Morgan fingerprint density at radius 1 is 1.16 bits per heavy atom. The van der Waals surface area contributed by atoms with Crippen LogP contribution in [0.1, 0.15) is 22.4 Å². The number of aliphatic hydroxyl groups excluding tert-OH is 1. The Morgan fingerprint density at radius 2 is 2.00 bits per heavy atom. The number of carbonyl (C=O) groups excluding carboxylic acids is 1. The maximum atomic E-state index is 13.4. The highest BCUT2D eigenvalue weighted by atomic mass is 19.4. The number of nitrogens with zero attached hydrogens (tertiary/aromatic N) is 2. The molecular weight excluding hydrogens is 485 g/mol. The fraction of sp³-hybridized carbons (Fsp3) is 0.148. The van der Waals surface area contributed by atoms with Gasteiger partial charge in [0.05, 0.1) is 12.1 Å². The smallest absolute Gasteiger partial charge is 0.417 e. The lowest BCUT2D eigenvalue weighted by atomic mass is 10.1. The second-order valence-electron chi connectivity index (χ2n) is 7.75. The van der Waals surface area contributed by atoms with Crippen LogP contribution in [-0.2, 0) is 11.0 Å². The Morgan fingerprint density at radius 3 is 2.76 bits per heavy atom. The number of rotatable bonds is 6. The van der Waals surface area contributed by atoms with Crippen molar-refractivity contribution in [3.05, 3.63) is 89.3 Å². The van der Waals surface area contributed by atoms with Crippen LogP contribution in [0.25, 0.3) is 6.08 Å². The lowest BCUT2D eigenvalue weighted by molar-refractivity contribution is -0.137. The summed E-state index contributed by atoms with van der Waals surface area (Å²) in [4.78, 5) is 21.0. The number of benzene rings is 2. The van der Waals surface area contributed by atoms with Gasteiger partial charge in [0.2, 0.25) is 5.91 Å². The van der Waals surface area contributed by atoms with Gasteiger partial charge in [-0.3, -0.25) is 14.8 Å². The monoisotopic (exact) mass is 506 g/mol. The lowest BCUT2D eigenvalue weighted by Crippen LogP contribution is -2.20. The molecule has 37 heavy (non-hydrogen) atoms. The Bertz CT molecular complexity index is 1420. The van der Waals surface area contributed by atoms with E-state index >= 15 is 0 Å². The molecule has 2 heterocycles. The molecule has 0 bridgehead atoms. The van der Waals surface area contributed by atoms with Gasteiger partial charge in [-0.05, 0) is 48.0 Å². The van der Waals surface area contributed by atoms with Crippen molar-refractivity contribution in [1.29, 1.82) is 0 Å². The number of amides is 1. The minimum absolute atomic E-state index is 0.0385. The number of aromatic nitrogens is 1. The molecule has 3 aromatic rings. The third-order valence-corrected chi connectivity index (χ3v) is 5.06. The number of hydrogen-bond donors (Lipinski definition) is 3. The van der Waals surface area contributed by atoms with Crippen LogP contribution in [0.15, 0.2) is 71.9 Å². The topological polar surface area (TPSA) is 95.8 Å².